The summed E-state index contributed by atoms with van der Waals surface area (Å²) in [5.74, 6) is -0.242. The third-order valence-corrected chi connectivity index (χ3v) is 6.20. The lowest BCUT2D eigenvalue weighted by atomic mass is 9.84. The predicted molar refractivity (Wildman–Crippen MR) is 103 cm³/mol. The van der Waals surface area contributed by atoms with Crippen LogP contribution < -0.4 is 0 Å². The molecule has 0 spiro atoms. The SMILES string of the molecule is CC1=CCCC(COC2OC(CO)C(O)C(O)C2O)=CC2OC(=O)C(C)C2CC1. The quantitative estimate of drug-likeness (QED) is 0.387. The van der Waals surface area contributed by atoms with E-state index in [-0.39, 0.29) is 30.5 Å². The Morgan fingerprint density at radius 3 is 2.66 bits per heavy atom. The van der Waals surface area contributed by atoms with Gasteiger partial charge >= 0.3 is 5.97 Å². The van der Waals surface area contributed by atoms with Gasteiger partial charge in [-0.15, -0.1) is 0 Å². The molecule has 0 saturated carbocycles. The van der Waals surface area contributed by atoms with Gasteiger partial charge in [0.25, 0.3) is 0 Å². The van der Waals surface area contributed by atoms with Crippen molar-refractivity contribution in [3.05, 3.63) is 23.3 Å². The highest BCUT2D eigenvalue weighted by atomic mass is 16.7. The Balaban J connectivity index is 1.71. The Hall–Kier alpha value is -1.29. The molecular formula is C21H32O8. The largest absolute Gasteiger partial charge is 0.458 e. The van der Waals surface area contributed by atoms with E-state index in [4.69, 9.17) is 14.2 Å². The zero-order valence-electron chi connectivity index (χ0n) is 16.9. The van der Waals surface area contributed by atoms with Crippen molar-refractivity contribution in [2.45, 2.75) is 76.3 Å². The van der Waals surface area contributed by atoms with Gasteiger partial charge in [-0.1, -0.05) is 18.6 Å². The van der Waals surface area contributed by atoms with E-state index in [1.54, 1.807) is 0 Å². The van der Waals surface area contributed by atoms with E-state index in [0.29, 0.717) is 6.42 Å². The number of carbonyl (C=O) groups excluding carboxylic acids is 1. The molecule has 29 heavy (non-hydrogen) atoms. The molecule has 8 atom stereocenters. The Kier molecular flexibility index (Phi) is 7.47. The highest BCUT2D eigenvalue weighted by molar-refractivity contribution is 5.75. The third-order valence-electron chi connectivity index (χ3n) is 6.20. The van der Waals surface area contributed by atoms with Crippen molar-refractivity contribution in [2.75, 3.05) is 13.2 Å². The lowest BCUT2D eigenvalue weighted by Gasteiger charge is -2.39. The fourth-order valence-corrected chi connectivity index (χ4v) is 4.19. The van der Waals surface area contributed by atoms with Crippen LogP contribution in [0.2, 0.25) is 0 Å². The summed E-state index contributed by atoms with van der Waals surface area (Å²) in [5.41, 5.74) is 2.19. The van der Waals surface area contributed by atoms with Crippen molar-refractivity contribution in [3.8, 4) is 0 Å². The van der Waals surface area contributed by atoms with E-state index in [1.165, 1.54) is 5.57 Å². The molecule has 0 aromatic heterocycles. The van der Waals surface area contributed by atoms with Gasteiger partial charge in [-0.05, 0) is 44.3 Å². The second kappa shape index (κ2) is 9.68. The summed E-state index contributed by atoms with van der Waals surface area (Å²) >= 11 is 0. The predicted octanol–water partition coefficient (Wildman–Crippen LogP) is 0.427. The number of fused-ring (bicyclic) bond motifs is 1. The highest BCUT2D eigenvalue weighted by Crippen LogP contribution is 2.35. The molecule has 3 aliphatic rings. The number of aliphatic hydroxyl groups is 4. The molecule has 0 aromatic carbocycles. The zero-order valence-corrected chi connectivity index (χ0v) is 16.9. The van der Waals surface area contributed by atoms with Crippen LogP contribution in [0.1, 0.15) is 39.5 Å². The maximum absolute atomic E-state index is 12.1. The van der Waals surface area contributed by atoms with Crippen LogP contribution in [0.25, 0.3) is 0 Å². The Bertz CT molecular complexity index is 643. The normalized spacial score (nSPS) is 41.2. The first-order chi connectivity index (χ1) is 13.8. The van der Waals surface area contributed by atoms with Gasteiger partial charge < -0.3 is 34.6 Å². The molecule has 4 N–H and O–H groups in total. The molecule has 2 aliphatic heterocycles. The van der Waals surface area contributed by atoms with Crippen LogP contribution in [0.15, 0.2) is 23.3 Å². The van der Waals surface area contributed by atoms with Crippen LogP contribution in [0.4, 0.5) is 0 Å². The van der Waals surface area contributed by atoms with Crippen LogP contribution >= 0.6 is 0 Å². The summed E-state index contributed by atoms with van der Waals surface area (Å²) < 4.78 is 16.7. The van der Waals surface area contributed by atoms with Gasteiger partial charge in [0.15, 0.2) is 6.29 Å². The van der Waals surface area contributed by atoms with Crippen LogP contribution in [-0.4, -0.2) is 76.4 Å². The second-order valence-corrected chi connectivity index (χ2v) is 8.32. The van der Waals surface area contributed by atoms with Gasteiger partial charge in [0.05, 0.1) is 19.1 Å². The second-order valence-electron chi connectivity index (χ2n) is 8.32. The van der Waals surface area contributed by atoms with E-state index < -0.39 is 37.3 Å². The minimum Gasteiger partial charge on any atom is -0.458 e. The molecule has 3 rings (SSSR count). The number of aliphatic hydroxyl groups excluding tert-OH is 4. The maximum atomic E-state index is 12.1. The number of carbonyl (C=O) groups is 1. The first kappa shape index (κ1) is 22.4. The van der Waals surface area contributed by atoms with Crippen molar-refractivity contribution in [2.24, 2.45) is 11.8 Å². The smallest absolute Gasteiger partial charge is 0.309 e. The Morgan fingerprint density at radius 1 is 1.17 bits per heavy atom. The molecule has 8 heteroatoms. The van der Waals surface area contributed by atoms with Crippen molar-refractivity contribution < 1.29 is 39.4 Å². The molecule has 164 valence electrons. The third kappa shape index (κ3) is 5.07. The van der Waals surface area contributed by atoms with E-state index in [1.807, 2.05) is 13.0 Å². The van der Waals surface area contributed by atoms with E-state index in [9.17, 15) is 25.2 Å². The Labute approximate surface area is 170 Å². The van der Waals surface area contributed by atoms with Crippen LogP contribution in [0.5, 0.6) is 0 Å². The van der Waals surface area contributed by atoms with Crippen molar-refractivity contribution in [1.82, 2.24) is 0 Å². The van der Waals surface area contributed by atoms with Gasteiger partial charge in [-0.25, -0.2) is 0 Å². The molecule has 2 fully saturated rings. The summed E-state index contributed by atoms with van der Waals surface area (Å²) in [6.45, 7) is 3.60. The molecule has 1 aliphatic carbocycles. The molecule has 0 aromatic rings. The van der Waals surface area contributed by atoms with E-state index in [2.05, 4.69) is 13.0 Å². The lowest BCUT2D eigenvalue weighted by molar-refractivity contribution is -0.299. The number of rotatable bonds is 4. The summed E-state index contributed by atoms with van der Waals surface area (Å²) in [5, 5.41) is 39.2. The number of hydrogen-bond acceptors (Lipinski definition) is 8. The van der Waals surface area contributed by atoms with E-state index >= 15 is 0 Å². The zero-order chi connectivity index (χ0) is 21.1. The maximum Gasteiger partial charge on any atom is 0.309 e. The topological polar surface area (TPSA) is 126 Å². The fourth-order valence-electron chi connectivity index (χ4n) is 4.19. The average Bonchev–Trinajstić information content (AvgIpc) is 2.96. The van der Waals surface area contributed by atoms with Crippen molar-refractivity contribution in [1.29, 1.82) is 0 Å². The van der Waals surface area contributed by atoms with Crippen molar-refractivity contribution in [3.63, 3.8) is 0 Å². The highest BCUT2D eigenvalue weighted by Gasteiger charge is 2.44. The first-order valence-corrected chi connectivity index (χ1v) is 10.3. The number of allylic oxidation sites excluding steroid dienone is 2. The lowest BCUT2D eigenvalue weighted by Crippen LogP contribution is -2.59. The fraction of sp³-hybridized carbons (Fsp3) is 0.762. The summed E-state index contributed by atoms with van der Waals surface area (Å²) in [4.78, 5) is 12.1. The standard InChI is InChI=1S/C21H32O8/c1-11-4-3-5-13(8-15-14(7-6-11)12(2)20(26)28-15)10-27-21-19(25)18(24)17(23)16(9-22)29-21/h4,8,12,14-19,21-25H,3,5-7,9-10H2,1-2H3. The molecule has 8 nitrogen and oxygen atoms in total. The van der Waals surface area contributed by atoms with Crippen LogP contribution in [0.3, 0.4) is 0 Å². The Morgan fingerprint density at radius 2 is 1.93 bits per heavy atom. The van der Waals surface area contributed by atoms with Gasteiger partial charge in [-0.2, -0.15) is 0 Å². The van der Waals surface area contributed by atoms with Crippen molar-refractivity contribution >= 4 is 5.97 Å². The number of esters is 1. The van der Waals surface area contributed by atoms with Crippen LogP contribution in [-0.2, 0) is 19.0 Å². The van der Waals surface area contributed by atoms with Gasteiger partial charge in [0, 0.05) is 5.92 Å². The molecule has 0 radical (unpaired) electrons. The van der Waals surface area contributed by atoms with Crippen LogP contribution in [0, 0.1) is 11.8 Å². The van der Waals surface area contributed by atoms with Gasteiger partial charge in [-0.3, -0.25) is 4.79 Å². The summed E-state index contributed by atoms with van der Waals surface area (Å²) in [6, 6.07) is 0. The number of ether oxygens (including phenoxy) is 3. The average molecular weight is 412 g/mol. The molecular weight excluding hydrogens is 380 g/mol. The molecule has 0 amide bonds. The number of hydrogen-bond donors (Lipinski definition) is 4. The van der Waals surface area contributed by atoms with E-state index in [0.717, 1.165) is 24.8 Å². The summed E-state index contributed by atoms with van der Waals surface area (Å²) in [6.07, 6.45) is 0.609. The molecule has 0 bridgehead atoms. The minimum atomic E-state index is -1.48. The summed E-state index contributed by atoms with van der Waals surface area (Å²) in [7, 11) is 0. The molecule has 2 saturated heterocycles. The first-order valence-electron chi connectivity index (χ1n) is 10.3. The monoisotopic (exact) mass is 412 g/mol. The minimum absolute atomic E-state index is 0.103. The van der Waals surface area contributed by atoms with Gasteiger partial charge in [0.2, 0.25) is 0 Å². The molecule has 8 unspecified atom stereocenters. The molecule has 2 heterocycles. The van der Waals surface area contributed by atoms with Gasteiger partial charge in [0.1, 0.15) is 30.5 Å².